The maximum Gasteiger partial charge on any atom is -0.0235 e. The van der Waals surface area contributed by atoms with Crippen molar-refractivity contribution in [2.75, 3.05) is 6.16 Å². The number of rotatable bonds is 2. The molecule has 0 saturated carbocycles. The first-order valence-electron chi connectivity index (χ1n) is 4.51. The van der Waals surface area contributed by atoms with E-state index in [-0.39, 0.29) is 0 Å². The van der Waals surface area contributed by atoms with Gasteiger partial charge in [-0.25, -0.2) is 0 Å². The van der Waals surface area contributed by atoms with E-state index in [9.17, 15) is 0 Å². The number of hydrogen-bond donors (Lipinski definition) is 0. The van der Waals surface area contributed by atoms with Gasteiger partial charge in [0.1, 0.15) is 0 Å². The molecule has 1 fully saturated rings. The van der Waals surface area contributed by atoms with Gasteiger partial charge in [0.15, 0.2) is 0 Å². The van der Waals surface area contributed by atoms with Crippen LogP contribution < -0.4 is 0 Å². The van der Waals surface area contributed by atoms with Crippen LogP contribution in [0.25, 0.3) is 0 Å². The molecule has 0 aromatic rings. The predicted molar refractivity (Wildman–Crippen MR) is 50.2 cm³/mol. The Labute approximate surface area is 66.2 Å². The largest absolute Gasteiger partial charge is 0.101 e. The minimum absolute atomic E-state index is 0.432. The van der Waals surface area contributed by atoms with Crippen molar-refractivity contribution >= 4 is 7.92 Å². The average molecular weight is 158 g/mol. The summed E-state index contributed by atoms with van der Waals surface area (Å²) in [6, 6.07) is 0. The quantitative estimate of drug-likeness (QED) is 0.540. The van der Waals surface area contributed by atoms with Gasteiger partial charge in [0, 0.05) is 0 Å². The molecule has 0 radical (unpaired) electrons. The van der Waals surface area contributed by atoms with Crippen LogP contribution in [0, 0.1) is 0 Å². The molecule has 1 saturated heterocycles. The maximum absolute atomic E-state index is 2.45. The summed E-state index contributed by atoms with van der Waals surface area (Å²) >= 11 is 0. The fourth-order valence-corrected chi connectivity index (χ4v) is 5.18. The molecule has 0 aromatic heterocycles. The molecule has 0 amide bonds. The zero-order valence-electron chi connectivity index (χ0n) is 7.43. The molecule has 0 bridgehead atoms. The highest BCUT2D eigenvalue weighted by molar-refractivity contribution is 7.59. The van der Waals surface area contributed by atoms with Crippen LogP contribution in [0.1, 0.15) is 40.0 Å². The highest BCUT2D eigenvalue weighted by Gasteiger charge is 2.28. The second-order valence-corrected chi connectivity index (χ2v) is 6.75. The lowest BCUT2D eigenvalue weighted by molar-refractivity contribution is 0.777. The van der Waals surface area contributed by atoms with E-state index in [0.717, 1.165) is 11.3 Å². The van der Waals surface area contributed by atoms with Gasteiger partial charge >= 0.3 is 0 Å². The Balaban J connectivity index is 2.38. The second kappa shape index (κ2) is 3.72. The number of hydrogen-bond acceptors (Lipinski definition) is 0. The van der Waals surface area contributed by atoms with Gasteiger partial charge in [-0.3, -0.25) is 0 Å². The van der Waals surface area contributed by atoms with E-state index in [0.29, 0.717) is 7.92 Å². The van der Waals surface area contributed by atoms with Gasteiger partial charge in [0.25, 0.3) is 0 Å². The van der Waals surface area contributed by atoms with Gasteiger partial charge in [-0.05, 0) is 30.3 Å². The highest BCUT2D eigenvalue weighted by atomic mass is 31.1. The van der Waals surface area contributed by atoms with Crippen molar-refractivity contribution in [1.29, 1.82) is 0 Å². The van der Waals surface area contributed by atoms with Crippen LogP contribution in [0.15, 0.2) is 0 Å². The van der Waals surface area contributed by atoms with Crippen molar-refractivity contribution in [3.8, 4) is 0 Å². The molecule has 1 rings (SSSR count). The molecule has 10 heavy (non-hydrogen) atoms. The lowest BCUT2D eigenvalue weighted by atomic mass is 10.2. The van der Waals surface area contributed by atoms with Gasteiger partial charge in [0.2, 0.25) is 0 Å². The molecule has 60 valence electrons. The zero-order valence-corrected chi connectivity index (χ0v) is 8.32. The Hall–Kier alpha value is 0.430. The fourth-order valence-electron chi connectivity index (χ4n) is 1.95. The van der Waals surface area contributed by atoms with Gasteiger partial charge in [0.05, 0.1) is 0 Å². The Bertz CT molecular complexity index is 90.9. The van der Waals surface area contributed by atoms with Gasteiger partial charge in [-0.1, -0.05) is 27.2 Å². The van der Waals surface area contributed by atoms with Gasteiger partial charge < -0.3 is 0 Å². The molecule has 0 N–H and O–H groups in total. The normalized spacial score (nSPS) is 40.5. The summed E-state index contributed by atoms with van der Waals surface area (Å²) in [4.78, 5) is 0. The van der Waals surface area contributed by atoms with Crippen LogP contribution in [0.3, 0.4) is 0 Å². The Morgan fingerprint density at radius 3 is 2.10 bits per heavy atom. The first-order valence-corrected chi connectivity index (χ1v) is 6.18. The maximum atomic E-state index is 2.45. The lowest BCUT2D eigenvalue weighted by Crippen LogP contribution is -1.99. The molecule has 1 aliphatic rings. The summed E-state index contributed by atoms with van der Waals surface area (Å²) in [5.74, 6) is 0. The molecule has 2 atom stereocenters. The van der Waals surface area contributed by atoms with Crippen molar-refractivity contribution < 1.29 is 0 Å². The minimum atomic E-state index is 0.432. The third kappa shape index (κ3) is 1.72. The topological polar surface area (TPSA) is 0 Å². The third-order valence-electron chi connectivity index (χ3n) is 2.62. The fraction of sp³-hybridized carbons (Fsp3) is 1.00. The summed E-state index contributed by atoms with van der Waals surface area (Å²) < 4.78 is 0. The molecule has 0 nitrogen and oxygen atoms in total. The molecule has 0 aromatic carbocycles. The summed E-state index contributed by atoms with van der Waals surface area (Å²) in [5, 5.41) is 0. The predicted octanol–water partition coefficient (Wildman–Crippen LogP) is 3.45. The molecule has 0 spiro atoms. The molecule has 2 unspecified atom stereocenters. The molecule has 0 aliphatic carbocycles. The standard InChI is InChI=1S/C9H19P/c1-4-7-10-8(2)5-6-9(10)3/h8-9H,4-7H2,1-3H3. The SMILES string of the molecule is CCCP1C(C)CCC1C. The smallest absolute Gasteiger partial charge is 0.0235 e. The average Bonchev–Trinajstić information content (AvgIpc) is 2.20. The third-order valence-corrected chi connectivity index (χ3v) is 6.36. The summed E-state index contributed by atoms with van der Waals surface area (Å²) in [7, 11) is 0.432. The first-order chi connectivity index (χ1) is 4.75. The van der Waals surface area contributed by atoms with Crippen LogP contribution in [0.4, 0.5) is 0 Å². The lowest BCUT2D eigenvalue weighted by Gasteiger charge is -2.19. The molecule has 1 heterocycles. The van der Waals surface area contributed by atoms with Crippen molar-refractivity contribution in [1.82, 2.24) is 0 Å². The highest BCUT2D eigenvalue weighted by Crippen LogP contribution is 2.55. The summed E-state index contributed by atoms with van der Waals surface area (Å²) in [5.41, 5.74) is 2.15. The molecule has 1 heteroatoms. The van der Waals surface area contributed by atoms with Crippen LogP contribution in [0.5, 0.6) is 0 Å². The monoisotopic (exact) mass is 158 g/mol. The Morgan fingerprint density at radius 1 is 1.20 bits per heavy atom. The second-order valence-electron chi connectivity index (χ2n) is 3.51. The van der Waals surface area contributed by atoms with Crippen molar-refractivity contribution in [2.24, 2.45) is 0 Å². The van der Waals surface area contributed by atoms with E-state index in [2.05, 4.69) is 20.8 Å². The Kier molecular flexibility index (Phi) is 3.17. The van der Waals surface area contributed by atoms with E-state index >= 15 is 0 Å². The van der Waals surface area contributed by atoms with Crippen molar-refractivity contribution in [2.45, 2.75) is 51.4 Å². The molecular weight excluding hydrogens is 139 g/mol. The van der Waals surface area contributed by atoms with E-state index in [1.165, 1.54) is 25.4 Å². The van der Waals surface area contributed by atoms with Crippen LogP contribution in [0.2, 0.25) is 0 Å². The Morgan fingerprint density at radius 2 is 1.70 bits per heavy atom. The van der Waals surface area contributed by atoms with E-state index in [1.807, 2.05) is 0 Å². The van der Waals surface area contributed by atoms with Gasteiger partial charge in [-0.15, -0.1) is 7.92 Å². The van der Waals surface area contributed by atoms with Gasteiger partial charge in [-0.2, -0.15) is 0 Å². The first kappa shape index (κ1) is 8.53. The van der Waals surface area contributed by atoms with E-state index < -0.39 is 0 Å². The minimum Gasteiger partial charge on any atom is -0.101 e. The van der Waals surface area contributed by atoms with E-state index in [1.54, 1.807) is 0 Å². The van der Waals surface area contributed by atoms with Crippen molar-refractivity contribution in [3.63, 3.8) is 0 Å². The van der Waals surface area contributed by atoms with E-state index in [4.69, 9.17) is 0 Å². The molecular formula is C9H19P. The summed E-state index contributed by atoms with van der Waals surface area (Å²) in [6.45, 7) is 7.22. The molecule has 1 aliphatic heterocycles. The van der Waals surface area contributed by atoms with Crippen LogP contribution >= 0.6 is 7.92 Å². The van der Waals surface area contributed by atoms with Crippen molar-refractivity contribution in [3.05, 3.63) is 0 Å². The van der Waals surface area contributed by atoms with Crippen LogP contribution in [-0.2, 0) is 0 Å². The van der Waals surface area contributed by atoms with Crippen LogP contribution in [-0.4, -0.2) is 17.5 Å². The summed E-state index contributed by atoms with van der Waals surface area (Å²) in [6.07, 6.45) is 5.94. The zero-order chi connectivity index (χ0) is 7.56.